The molecule has 1 aromatic rings. The van der Waals surface area contributed by atoms with Crippen LogP contribution in [0.3, 0.4) is 0 Å². The summed E-state index contributed by atoms with van der Waals surface area (Å²) in [4.78, 5) is 17.1. The molecular formula is C27H44N2O7S. The molecule has 1 heterocycles. The molecule has 0 bridgehead atoms. The summed E-state index contributed by atoms with van der Waals surface area (Å²) in [6.07, 6.45) is 11.1. The first-order valence-electron chi connectivity index (χ1n) is 13.5. The number of hydrogen-bond donors (Lipinski definition) is 0. The summed E-state index contributed by atoms with van der Waals surface area (Å²) in [6, 6.07) is 3.16. The second kappa shape index (κ2) is 16.5. The maximum absolute atomic E-state index is 13.8. The highest BCUT2D eigenvalue weighted by atomic mass is 32.2. The van der Waals surface area contributed by atoms with Crippen LogP contribution in [0.15, 0.2) is 22.0 Å². The van der Waals surface area contributed by atoms with Crippen molar-refractivity contribution in [2.45, 2.75) is 89.4 Å². The summed E-state index contributed by atoms with van der Waals surface area (Å²) in [5, 5.41) is 0. The first kappa shape index (κ1) is 30.9. The van der Waals surface area contributed by atoms with E-state index in [0.29, 0.717) is 18.8 Å². The lowest BCUT2D eigenvalue weighted by Gasteiger charge is -2.31. The molecule has 0 N–H and O–H groups in total. The highest BCUT2D eigenvalue weighted by Gasteiger charge is 2.39. The lowest BCUT2D eigenvalue weighted by Crippen LogP contribution is -2.41. The van der Waals surface area contributed by atoms with Crippen molar-refractivity contribution in [3.8, 4) is 11.5 Å². The predicted molar refractivity (Wildman–Crippen MR) is 144 cm³/mol. The number of methoxy groups -OCH3 is 2. The van der Waals surface area contributed by atoms with Crippen LogP contribution in [0.4, 0.5) is 5.69 Å². The van der Waals surface area contributed by atoms with Gasteiger partial charge in [-0.3, -0.25) is 9.10 Å². The molecule has 0 saturated carbocycles. The zero-order chi connectivity index (χ0) is 27.1. The number of rotatable bonds is 19. The maximum atomic E-state index is 13.8. The Balaban J connectivity index is 2.12. The second-order valence-corrected chi connectivity index (χ2v) is 10.8. The van der Waals surface area contributed by atoms with Crippen molar-refractivity contribution < 1.29 is 32.2 Å². The largest absolute Gasteiger partial charge is 0.495 e. The van der Waals surface area contributed by atoms with Gasteiger partial charge in [0.1, 0.15) is 36.0 Å². The molecule has 0 fully saturated rings. The molecule has 1 aliphatic rings. The van der Waals surface area contributed by atoms with Crippen molar-refractivity contribution >= 4 is 27.5 Å². The van der Waals surface area contributed by atoms with E-state index >= 15 is 0 Å². The number of benzene rings is 1. The van der Waals surface area contributed by atoms with E-state index in [-0.39, 0.29) is 48.3 Å². The number of esters is 1. The van der Waals surface area contributed by atoms with E-state index in [1.807, 2.05) is 6.92 Å². The van der Waals surface area contributed by atoms with E-state index in [2.05, 4.69) is 11.9 Å². The van der Waals surface area contributed by atoms with Gasteiger partial charge in [0.2, 0.25) is 0 Å². The number of carbonyl (C=O) groups excluding carboxylic acids is 1. The number of nitrogens with zero attached hydrogens (tertiary/aromatic N) is 2. The Morgan fingerprint density at radius 2 is 1.46 bits per heavy atom. The Morgan fingerprint density at radius 1 is 0.865 bits per heavy atom. The van der Waals surface area contributed by atoms with Crippen molar-refractivity contribution in [3.05, 3.63) is 12.1 Å². The van der Waals surface area contributed by atoms with Gasteiger partial charge in [0.25, 0.3) is 10.0 Å². The third kappa shape index (κ3) is 9.17. The third-order valence-electron chi connectivity index (χ3n) is 6.29. The van der Waals surface area contributed by atoms with Crippen LogP contribution in [0.25, 0.3) is 0 Å². The van der Waals surface area contributed by atoms with Gasteiger partial charge in [-0.25, -0.2) is 13.4 Å². The Labute approximate surface area is 222 Å². The Kier molecular flexibility index (Phi) is 13.8. The number of unbranched alkanes of at least 4 members (excludes halogenated alkanes) is 9. The van der Waals surface area contributed by atoms with Crippen molar-refractivity contribution in [2.24, 2.45) is 4.99 Å². The van der Waals surface area contributed by atoms with Crippen molar-refractivity contribution in [2.75, 3.05) is 40.6 Å². The van der Waals surface area contributed by atoms with E-state index < -0.39 is 16.0 Å². The molecule has 0 radical (unpaired) electrons. The quantitative estimate of drug-likeness (QED) is 0.165. The molecule has 0 spiro atoms. The second-order valence-electron chi connectivity index (χ2n) is 9.03. The van der Waals surface area contributed by atoms with Crippen LogP contribution >= 0.6 is 0 Å². The van der Waals surface area contributed by atoms with Gasteiger partial charge in [0.15, 0.2) is 4.90 Å². The predicted octanol–water partition coefficient (Wildman–Crippen LogP) is 5.63. The van der Waals surface area contributed by atoms with Crippen LogP contribution in [0.5, 0.6) is 11.5 Å². The average Bonchev–Trinajstić information content (AvgIpc) is 2.88. The van der Waals surface area contributed by atoms with Crippen molar-refractivity contribution in [1.82, 2.24) is 4.31 Å². The fraction of sp³-hybridized carbons (Fsp3) is 0.704. The molecule has 0 aliphatic carbocycles. The topological polar surface area (TPSA) is 104 Å². The normalized spacial score (nSPS) is 14.2. The number of aliphatic imine (C=N–C) groups is 1. The lowest BCUT2D eigenvalue weighted by molar-refractivity contribution is -0.143. The third-order valence-corrected chi connectivity index (χ3v) is 8.17. The fourth-order valence-electron chi connectivity index (χ4n) is 4.31. The van der Waals surface area contributed by atoms with Crippen LogP contribution in [0.2, 0.25) is 0 Å². The summed E-state index contributed by atoms with van der Waals surface area (Å²) in [5.41, 5.74) is 0.137. The smallest absolute Gasteiger partial charge is 0.313 e. The SMILES string of the molecule is CCCCCCCCCCCCN1C(CC(=O)OCCOCC)=Nc2c(OC)ccc(OC)c2S1(=O)=O. The number of hydrogen-bond acceptors (Lipinski definition) is 8. The Hall–Kier alpha value is -2.33. The molecule has 9 nitrogen and oxygen atoms in total. The molecule has 1 aromatic carbocycles. The first-order chi connectivity index (χ1) is 17.9. The molecule has 0 amide bonds. The molecular weight excluding hydrogens is 496 g/mol. The van der Waals surface area contributed by atoms with Gasteiger partial charge in [0.05, 0.1) is 20.8 Å². The molecule has 2 rings (SSSR count). The van der Waals surface area contributed by atoms with Crippen molar-refractivity contribution in [1.29, 1.82) is 0 Å². The highest BCUT2D eigenvalue weighted by Crippen LogP contribution is 2.45. The van der Waals surface area contributed by atoms with Gasteiger partial charge in [-0.05, 0) is 25.5 Å². The molecule has 0 unspecified atom stereocenters. The first-order valence-corrected chi connectivity index (χ1v) is 14.9. The van der Waals surface area contributed by atoms with Gasteiger partial charge in [-0.2, -0.15) is 0 Å². The van der Waals surface area contributed by atoms with Crippen LogP contribution < -0.4 is 9.47 Å². The number of ether oxygens (including phenoxy) is 4. The van der Waals surface area contributed by atoms with E-state index in [1.165, 1.54) is 57.0 Å². The van der Waals surface area contributed by atoms with Crippen LogP contribution in [0, 0.1) is 0 Å². The van der Waals surface area contributed by atoms with Gasteiger partial charge in [-0.15, -0.1) is 0 Å². The minimum atomic E-state index is -4.03. The molecule has 0 atom stereocenters. The Morgan fingerprint density at radius 3 is 2.05 bits per heavy atom. The molecule has 0 aromatic heterocycles. The van der Waals surface area contributed by atoms with E-state index in [0.717, 1.165) is 19.3 Å². The number of fused-ring (bicyclic) bond motifs is 1. The number of sulfonamides is 1. The van der Waals surface area contributed by atoms with Crippen LogP contribution in [0.1, 0.15) is 84.5 Å². The molecule has 0 saturated heterocycles. The van der Waals surface area contributed by atoms with E-state index in [4.69, 9.17) is 18.9 Å². The standard InChI is InChI=1S/C27H44N2O7S/c1-5-7-8-9-10-11-12-13-14-15-18-29-24(21-25(30)36-20-19-35-6-2)28-26-22(33-3)16-17-23(34-4)27(26)37(29,31)32/h16-17H,5-15,18-21H2,1-4H3. The summed E-state index contributed by atoms with van der Waals surface area (Å²) >= 11 is 0. The zero-order valence-electron chi connectivity index (χ0n) is 22.9. The highest BCUT2D eigenvalue weighted by molar-refractivity contribution is 7.90. The van der Waals surface area contributed by atoms with Crippen molar-refractivity contribution in [3.63, 3.8) is 0 Å². The molecule has 1 aliphatic heterocycles. The van der Waals surface area contributed by atoms with Crippen LogP contribution in [-0.2, 0) is 24.3 Å². The zero-order valence-corrected chi connectivity index (χ0v) is 23.7. The summed E-state index contributed by atoms with van der Waals surface area (Å²) in [6.45, 7) is 5.20. The fourth-order valence-corrected chi connectivity index (χ4v) is 6.08. The summed E-state index contributed by atoms with van der Waals surface area (Å²) in [7, 11) is -1.16. The number of amidine groups is 1. The summed E-state index contributed by atoms with van der Waals surface area (Å²) in [5.74, 6) is 0.0366. The van der Waals surface area contributed by atoms with Gasteiger partial charge < -0.3 is 18.9 Å². The minimum Gasteiger partial charge on any atom is -0.495 e. The molecule has 210 valence electrons. The summed E-state index contributed by atoms with van der Waals surface area (Å²) < 4.78 is 49.9. The van der Waals surface area contributed by atoms with E-state index in [1.54, 1.807) is 12.1 Å². The van der Waals surface area contributed by atoms with E-state index in [9.17, 15) is 13.2 Å². The average molecular weight is 541 g/mol. The number of carbonyl (C=O) groups is 1. The van der Waals surface area contributed by atoms with Gasteiger partial charge >= 0.3 is 5.97 Å². The molecule has 10 heteroatoms. The lowest BCUT2D eigenvalue weighted by atomic mass is 10.1. The monoisotopic (exact) mass is 540 g/mol. The maximum Gasteiger partial charge on any atom is 0.313 e. The molecule has 37 heavy (non-hydrogen) atoms. The Bertz CT molecular complexity index is 979. The van der Waals surface area contributed by atoms with Crippen LogP contribution in [-0.4, -0.2) is 65.1 Å². The minimum absolute atomic E-state index is 0.0464. The van der Waals surface area contributed by atoms with Gasteiger partial charge in [-0.1, -0.05) is 64.7 Å². The van der Waals surface area contributed by atoms with Gasteiger partial charge in [0, 0.05) is 13.2 Å².